The minimum absolute atomic E-state index is 0.0302. The Hall–Kier alpha value is -5.07. The zero-order valence-electron chi connectivity index (χ0n) is 36.4. The number of hydrogen-bond acceptors (Lipinski definition) is 11. The molecule has 13 nitrogen and oxygen atoms in total. The SMILES string of the molecule is CC(C)(O)c1cc2nc(C3CCCCC3)sc2cc1NC(=O)c1cccc(C(F)(F)F)n1.[B]c1c([B])c(NCCC2CC3(C2)CN(C)C3)c2c(c1[B])C(=O)N(C1CCC(=O)NC1=O)C2=O. The summed E-state index contributed by atoms with van der Waals surface area (Å²) in [7, 11) is 20.5. The van der Waals surface area contributed by atoms with Gasteiger partial charge in [0, 0.05) is 54.5 Å². The summed E-state index contributed by atoms with van der Waals surface area (Å²) >= 11 is 1.56. The third-order valence-corrected chi connectivity index (χ3v) is 14.4. The third-order valence-electron chi connectivity index (χ3n) is 13.2. The number of aliphatic hydroxyl groups is 1. The van der Waals surface area contributed by atoms with Crippen LogP contribution in [-0.2, 0) is 21.4 Å². The van der Waals surface area contributed by atoms with Crippen molar-refractivity contribution in [1.82, 2.24) is 25.1 Å². The summed E-state index contributed by atoms with van der Waals surface area (Å²) < 4.78 is 39.8. The first-order valence-electron chi connectivity index (χ1n) is 21.8. The Kier molecular flexibility index (Phi) is 12.6. The predicted molar refractivity (Wildman–Crippen MR) is 243 cm³/mol. The Balaban J connectivity index is 0.000000177. The van der Waals surface area contributed by atoms with Crippen molar-refractivity contribution in [2.75, 3.05) is 37.3 Å². The maximum atomic E-state index is 13.3. The summed E-state index contributed by atoms with van der Waals surface area (Å²) in [6.07, 6.45) is 4.54. The number of carbonyl (C=O) groups excluding carboxylic acids is 5. The van der Waals surface area contributed by atoms with Crippen molar-refractivity contribution in [3.05, 3.63) is 63.4 Å². The number of aromatic nitrogens is 2. The van der Waals surface area contributed by atoms with Gasteiger partial charge in [0.1, 0.15) is 41.0 Å². The van der Waals surface area contributed by atoms with E-state index < -0.39 is 53.0 Å². The number of likely N-dealkylation sites (tertiary alicyclic amines) is 1. The number of anilines is 2. The molecule has 65 heavy (non-hydrogen) atoms. The van der Waals surface area contributed by atoms with Crippen molar-refractivity contribution in [1.29, 1.82) is 0 Å². The number of amides is 5. The molecule has 3 aliphatic heterocycles. The summed E-state index contributed by atoms with van der Waals surface area (Å²) in [5.41, 5.74) is -0.454. The van der Waals surface area contributed by atoms with Crippen LogP contribution in [0.3, 0.4) is 0 Å². The van der Waals surface area contributed by atoms with Gasteiger partial charge in [-0.1, -0.05) is 36.3 Å². The van der Waals surface area contributed by atoms with Crippen LogP contribution in [0.5, 0.6) is 0 Å². The van der Waals surface area contributed by atoms with Gasteiger partial charge in [-0.25, -0.2) is 9.97 Å². The molecule has 1 unspecified atom stereocenters. The standard InChI is InChI=1S/C23H24F3N3O2S.C22H23B3N4O4/c1-22(2,31)14-11-17-18(32-21(29-17)13-7-4-3-5-8-13)12-16(14)28-20(30)15-9-6-10-19(27-15)23(24,25)26;1-28-8-22(9-28)6-10(7-22)4-5-26-18-14-13(15(23)16(24)17(18)25)20(32)29(21(14)33)11-2-3-12(30)27-19(11)31/h6,9-13,31H,3-5,7-8H2,1-2H3,(H,28,30);10-11,26H,2-9H2,1H3,(H,27,30,31). The fraction of sp³-hybridized carbons (Fsp3) is 0.489. The van der Waals surface area contributed by atoms with Crippen molar-refractivity contribution in [2.45, 2.75) is 102 Å². The van der Waals surface area contributed by atoms with Crippen LogP contribution in [0.25, 0.3) is 10.2 Å². The summed E-state index contributed by atoms with van der Waals surface area (Å²) in [5.74, 6) is -2.25. The number of pyridine rings is 1. The van der Waals surface area contributed by atoms with E-state index in [0.717, 1.165) is 64.6 Å². The quantitative estimate of drug-likeness (QED) is 0.143. The molecule has 2 saturated heterocycles. The second-order valence-electron chi connectivity index (χ2n) is 18.6. The number of carbonyl (C=O) groups is 5. The number of halogens is 3. The third kappa shape index (κ3) is 9.22. The van der Waals surface area contributed by atoms with Gasteiger partial charge in [-0.05, 0) is 95.0 Å². The first kappa shape index (κ1) is 46.5. The zero-order valence-corrected chi connectivity index (χ0v) is 37.2. The van der Waals surface area contributed by atoms with Crippen molar-refractivity contribution < 1.29 is 42.3 Å². The summed E-state index contributed by atoms with van der Waals surface area (Å²) in [6.45, 7) is 6.04. The number of piperidine rings is 1. The van der Waals surface area contributed by atoms with Crippen molar-refractivity contribution in [3.8, 4) is 0 Å². The number of hydrogen-bond donors (Lipinski definition) is 4. The predicted octanol–water partition coefficient (Wildman–Crippen LogP) is 3.85. The number of rotatable bonds is 9. The van der Waals surface area contributed by atoms with E-state index in [1.807, 2.05) is 0 Å². The van der Waals surface area contributed by atoms with Crippen LogP contribution in [0.1, 0.15) is 131 Å². The molecule has 4 aromatic rings. The van der Waals surface area contributed by atoms with Crippen LogP contribution in [0.4, 0.5) is 24.5 Å². The highest BCUT2D eigenvalue weighted by Crippen LogP contribution is 2.52. The van der Waals surface area contributed by atoms with E-state index >= 15 is 0 Å². The Labute approximate surface area is 382 Å². The van der Waals surface area contributed by atoms with Gasteiger partial charge in [0.15, 0.2) is 0 Å². The molecule has 1 atom stereocenters. The lowest BCUT2D eigenvalue weighted by Gasteiger charge is -2.58. The molecule has 2 aromatic carbocycles. The maximum absolute atomic E-state index is 13.3. The first-order chi connectivity index (χ1) is 30.6. The summed E-state index contributed by atoms with van der Waals surface area (Å²) in [5, 5.41) is 19.8. The van der Waals surface area contributed by atoms with Crippen molar-refractivity contribution >= 4 is 102 Å². The molecule has 5 amide bonds. The van der Waals surface area contributed by atoms with E-state index in [9.17, 15) is 42.3 Å². The van der Waals surface area contributed by atoms with E-state index in [-0.39, 0.29) is 51.7 Å². The van der Waals surface area contributed by atoms with Crippen LogP contribution in [0.15, 0.2) is 30.3 Å². The monoisotopic (exact) mass is 903 g/mol. The molecule has 5 aliphatic rings. The molecule has 334 valence electrons. The van der Waals surface area contributed by atoms with Crippen LogP contribution >= 0.6 is 11.3 Å². The largest absolute Gasteiger partial charge is 0.433 e. The van der Waals surface area contributed by atoms with Gasteiger partial charge in [-0.15, -0.1) is 16.8 Å². The number of fused-ring (bicyclic) bond motifs is 2. The molecule has 5 heterocycles. The molecule has 6 radical (unpaired) electrons. The first-order valence-corrected chi connectivity index (χ1v) is 22.6. The van der Waals surface area contributed by atoms with Gasteiger partial charge in [-0.3, -0.25) is 34.2 Å². The molecule has 20 heteroatoms. The van der Waals surface area contributed by atoms with Crippen molar-refractivity contribution in [2.24, 2.45) is 11.3 Å². The lowest BCUT2D eigenvalue weighted by atomic mass is 9.57. The molecule has 2 aliphatic carbocycles. The molecular weight excluding hydrogens is 856 g/mol. The average molecular weight is 903 g/mol. The lowest BCUT2D eigenvalue weighted by Crippen LogP contribution is -2.60. The van der Waals surface area contributed by atoms with E-state index in [4.69, 9.17) is 28.5 Å². The van der Waals surface area contributed by atoms with Gasteiger partial charge >= 0.3 is 6.18 Å². The molecular formula is C45H47B3F3N7O6S. The maximum Gasteiger partial charge on any atom is 0.433 e. The minimum atomic E-state index is -4.65. The van der Waals surface area contributed by atoms with Gasteiger partial charge in [0.05, 0.1) is 26.4 Å². The highest BCUT2D eigenvalue weighted by atomic mass is 32.1. The Morgan fingerprint density at radius 3 is 2.29 bits per heavy atom. The fourth-order valence-corrected chi connectivity index (χ4v) is 11.3. The number of benzene rings is 2. The van der Waals surface area contributed by atoms with E-state index in [1.54, 1.807) is 37.3 Å². The average Bonchev–Trinajstić information content (AvgIpc) is 3.76. The van der Waals surface area contributed by atoms with E-state index in [1.165, 1.54) is 38.2 Å². The second-order valence-corrected chi connectivity index (χ2v) is 19.7. The number of alkyl halides is 3. The molecule has 2 aromatic heterocycles. The minimum Gasteiger partial charge on any atom is -0.386 e. The molecule has 4 N–H and O–H groups in total. The van der Waals surface area contributed by atoms with Gasteiger partial charge in [0.25, 0.3) is 17.7 Å². The van der Waals surface area contributed by atoms with E-state index in [2.05, 4.69) is 32.9 Å². The Morgan fingerprint density at radius 2 is 1.65 bits per heavy atom. The highest BCUT2D eigenvalue weighted by Gasteiger charge is 2.51. The number of nitrogens with zero attached hydrogens (tertiary/aromatic N) is 4. The molecule has 4 fully saturated rings. The summed E-state index contributed by atoms with van der Waals surface area (Å²) in [6, 6.07) is 5.57. The number of imide groups is 2. The van der Waals surface area contributed by atoms with E-state index in [0.29, 0.717) is 35.0 Å². The fourth-order valence-electron chi connectivity index (χ4n) is 10.1. The van der Waals surface area contributed by atoms with Gasteiger partial charge in [0.2, 0.25) is 11.8 Å². The van der Waals surface area contributed by atoms with Crippen LogP contribution < -0.4 is 32.3 Å². The highest BCUT2D eigenvalue weighted by molar-refractivity contribution is 7.18. The number of thiazole rings is 1. The van der Waals surface area contributed by atoms with Gasteiger partial charge < -0.3 is 20.6 Å². The zero-order chi connectivity index (χ0) is 46.7. The Morgan fingerprint density at radius 1 is 0.954 bits per heavy atom. The van der Waals surface area contributed by atoms with Crippen molar-refractivity contribution in [3.63, 3.8) is 0 Å². The second kappa shape index (κ2) is 17.6. The molecule has 0 bridgehead atoms. The smallest absolute Gasteiger partial charge is 0.386 e. The molecule has 1 spiro atoms. The van der Waals surface area contributed by atoms with Crippen LogP contribution in [0.2, 0.25) is 0 Å². The van der Waals surface area contributed by atoms with Crippen LogP contribution in [0, 0.1) is 11.3 Å². The summed E-state index contributed by atoms with van der Waals surface area (Å²) in [4.78, 5) is 74.5. The Bertz CT molecular complexity index is 2600. The normalized spacial score (nSPS) is 20.2. The molecule has 9 rings (SSSR count). The number of nitrogens with one attached hydrogen (secondary N) is 3. The topological polar surface area (TPSA) is 174 Å². The van der Waals surface area contributed by atoms with Gasteiger partial charge in [-0.2, -0.15) is 13.2 Å². The van der Waals surface area contributed by atoms with Crippen LogP contribution in [-0.4, -0.2) is 111 Å². The lowest BCUT2D eigenvalue weighted by molar-refractivity contribution is -0.141. The molecule has 2 saturated carbocycles.